The summed E-state index contributed by atoms with van der Waals surface area (Å²) in [5.74, 6) is -0.938. The molecule has 0 aliphatic carbocycles. The number of rotatable bonds is 7. The van der Waals surface area contributed by atoms with Crippen molar-refractivity contribution in [3.8, 4) is 0 Å². The van der Waals surface area contributed by atoms with E-state index >= 15 is 0 Å². The average molecular weight is 292 g/mol. The van der Waals surface area contributed by atoms with Gasteiger partial charge >= 0.3 is 12.0 Å². The summed E-state index contributed by atoms with van der Waals surface area (Å²) in [4.78, 5) is 25.0. The fourth-order valence-corrected chi connectivity index (χ4v) is 2.23. The number of hydrogen-bond acceptors (Lipinski definition) is 2. The quantitative estimate of drug-likeness (QED) is 0.812. The first-order valence-corrected chi connectivity index (χ1v) is 7.36. The number of carbonyl (C=O) groups is 2. The standard InChI is InChI=1S/C16H24N2O3/c1-4-12(3)18(5-2)16(21)17-11-10-13-8-6-7-9-14(13)15(19)20/h6-9,12H,4-5,10-11H2,1-3H3,(H,17,21)(H,19,20). The average Bonchev–Trinajstić information content (AvgIpc) is 2.48. The number of carboxylic acids is 1. The molecule has 1 rings (SSSR count). The zero-order chi connectivity index (χ0) is 15.8. The van der Waals surface area contributed by atoms with E-state index in [1.54, 1.807) is 29.2 Å². The van der Waals surface area contributed by atoms with Gasteiger partial charge in [0.2, 0.25) is 0 Å². The second-order valence-corrected chi connectivity index (χ2v) is 4.99. The van der Waals surface area contributed by atoms with Crippen molar-refractivity contribution < 1.29 is 14.7 Å². The summed E-state index contributed by atoms with van der Waals surface area (Å²) in [5, 5.41) is 12.0. The van der Waals surface area contributed by atoms with E-state index in [1.165, 1.54) is 0 Å². The lowest BCUT2D eigenvalue weighted by Gasteiger charge is -2.27. The minimum absolute atomic E-state index is 0.0975. The van der Waals surface area contributed by atoms with E-state index < -0.39 is 5.97 Å². The van der Waals surface area contributed by atoms with Gasteiger partial charge in [-0.3, -0.25) is 0 Å². The van der Waals surface area contributed by atoms with Crippen molar-refractivity contribution in [3.63, 3.8) is 0 Å². The van der Waals surface area contributed by atoms with E-state index in [4.69, 9.17) is 5.11 Å². The van der Waals surface area contributed by atoms with E-state index in [0.717, 1.165) is 12.0 Å². The minimum atomic E-state index is -0.938. The Bertz CT molecular complexity index is 488. The highest BCUT2D eigenvalue weighted by atomic mass is 16.4. The van der Waals surface area contributed by atoms with E-state index in [1.807, 2.05) is 20.8 Å². The molecule has 5 nitrogen and oxygen atoms in total. The molecule has 0 spiro atoms. The van der Waals surface area contributed by atoms with Crippen LogP contribution in [0.5, 0.6) is 0 Å². The molecule has 2 amide bonds. The van der Waals surface area contributed by atoms with Gasteiger partial charge in [0.15, 0.2) is 0 Å². The summed E-state index contributed by atoms with van der Waals surface area (Å²) in [6, 6.07) is 6.97. The Morgan fingerprint density at radius 1 is 1.29 bits per heavy atom. The van der Waals surface area contributed by atoms with Gasteiger partial charge in [-0.25, -0.2) is 9.59 Å². The van der Waals surface area contributed by atoms with Gasteiger partial charge in [0.25, 0.3) is 0 Å². The Hall–Kier alpha value is -2.04. The molecule has 1 aromatic rings. The molecule has 0 aliphatic heterocycles. The van der Waals surface area contributed by atoms with Crippen LogP contribution in [0.4, 0.5) is 4.79 Å². The normalized spacial score (nSPS) is 11.8. The number of nitrogens with one attached hydrogen (secondary N) is 1. The Balaban J connectivity index is 2.57. The third-order valence-electron chi connectivity index (χ3n) is 3.64. The molecule has 1 atom stereocenters. The fraction of sp³-hybridized carbons (Fsp3) is 0.500. The lowest BCUT2D eigenvalue weighted by molar-refractivity contribution is 0.0695. The number of aromatic carboxylic acids is 1. The summed E-state index contributed by atoms with van der Waals surface area (Å²) in [6.45, 7) is 7.10. The monoisotopic (exact) mass is 292 g/mol. The molecule has 0 aliphatic rings. The second-order valence-electron chi connectivity index (χ2n) is 4.99. The van der Waals surface area contributed by atoms with Crippen molar-refractivity contribution in [3.05, 3.63) is 35.4 Å². The molecule has 0 radical (unpaired) electrons. The van der Waals surface area contributed by atoms with E-state index in [2.05, 4.69) is 5.32 Å². The summed E-state index contributed by atoms with van der Waals surface area (Å²) >= 11 is 0. The molecule has 0 heterocycles. The second kappa shape index (κ2) is 8.29. The lowest BCUT2D eigenvalue weighted by Crippen LogP contribution is -2.45. The highest BCUT2D eigenvalue weighted by molar-refractivity contribution is 5.89. The predicted octanol–water partition coefficient (Wildman–Crippen LogP) is 2.76. The van der Waals surface area contributed by atoms with Gasteiger partial charge < -0.3 is 15.3 Å². The highest BCUT2D eigenvalue weighted by Gasteiger charge is 2.16. The maximum absolute atomic E-state index is 12.1. The van der Waals surface area contributed by atoms with Gasteiger partial charge in [-0.15, -0.1) is 0 Å². The molecule has 5 heteroatoms. The molecule has 21 heavy (non-hydrogen) atoms. The number of carboxylic acid groups (broad SMARTS) is 1. The van der Waals surface area contributed by atoms with Crippen LogP contribution in [0.15, 0.2) is 24.3 Å². The highest BCUT2D eigenvalue weighted by Crippen LogP contribution is 2.09. The number of carbonyl (C=O) groups excluding carboxylic acids is 1. The fourth-order valence-electron chi connectivity index (χ4n) is 2.23. The first kappa shape index (κ1) is 17.0. The zero-order valence-corrected chi connectivity index (χ0v) is 12.9. The van der Waals surface area contributed by atoms with Crippen LogP contribution in [0.2, 0.25) is 0 Å². The third kappa shape index (κ3) is 4.77. The number of benzene rings is 1. The minimum Gasteiger partial charge on any atom is -0.478 e. The zero-order valence-electron chi connectivity index (χ0n) is 12.9. The molecular weight excluding hydrogens is 268 g/mol. The smallest absolute Gasteiger partial charge is 0.335 e. The first-order valence-electron chi connectivity index (χ1n) is 7.36. The molecule has 2 N–H and O–H groups in total. The van der Waals surface area contributed by atoms with E-state index in [-0.39, 0.29) is 12.1 Å². The Morgan fingerprint density at radius 3 is 2.52 bits per heavy atom. The summed E-state index contributed by atoms with van der Waals surface area (Å²) in [6.07, 6.45) is 1.41. The Kier molecular flexibility index (Phi) is 6.72. The van der Waals surface area contributed by atoms with Gasteiger partial charge in [-0.1, -0.05) is 25.1 Å². The lowest BCUT2D eigenvalue weighted by atomic mass is 10.0. The number of nitrogens with zero attached hydrogens (tertiary/aromatic N) is 1. The largest absolute Gasteiger partial charge is 0.478 e. The molecule has 1 unspecified atom stereocenters. The van der Waals surface area contributed by atoms with Crippen molar-refractivity contribution in [2.45, 2.75) is 39.7 Å². The van der Waals surface area contributed by atoms with Gasteiger partial charge in [0.05, 0.1) is 5.56 Å². The van der Waals surface area contributed by atoms with E-state index in [9.17, 15) is 9.59 Å². The van der Waals surface area contributed by atoms with Crippen molar-refractivity contribution in [1.82, 2.24) is 10.2 Å². The predicted molar refractivity (Wildman–Crippen MR) is 82.6 cm³/mol. The molecule has 116 valence electrons. The number of amides is 2. The third-order valence-corrected chi connectivity index (χ3v) is 3.64. The summed E-state index contributed by atoms with van der Waals surface area (Å²) in [7, 11) is 0. The first-order chi connectivity index (χ1) is 10.0. The van der Waals surface area contributed by atoms with Crippen LogP contribution < -0.4 is 5.32 Å². The van der Waals surface area contributed by atoms with Crippen LogP contribution in [0.1, 0.15) is 43.1 Å². The Labute approximate surface area is 126 Å². The van der Waals surface area contributed by atoms with Gasteiger partial charge in [-0.2, -0.15) is 0 Å². The topological polar surface area (TPSA) is 69.6 Å². The summed E-state index contributed by atoms with van der Waals surface area (Å²) in [5.41, 5.74) is 1.03. The van der Waals surface area contributed by atoms with Crippen molar-refractivity contribution in [2.24, 2.45) is 0 Å². The van der Waals surface area contributed by atoms with E-state index in [0.29, 0.717) is 25.1 Å². The van der Waals surface area contributed by atoms with Gasteiger partial charge in [0, 0.05) is 19.1 Å². The van der Waals surface area contributed by atoms with Crippen molar-refractivity contribution in [2.75, 3.05) is 13.1 Å². The molecule has 0 bridgehead atoms. The Morgan fingerprint density at radius 2 is 1.95 bits per heavy atom. The van der Waals surface area contributed by atoms with Crippen molar-refractivity contribution >= 4 is 12.0 Å². The maximum atomic E-state index is 12.1. The molecule has 1 aromatic carbocycles. The van der Waals surface area contributed by atoms with Gasteiger partial charge in [-0.05, 0) is 38.3 Å². The molecule has 0 fully saturated rings. The molecule has 0 saturated heterocycles. The molecular formula is C16H24N2O3. The van der Waals surface area contributed by atoms with Crippen molar-refractivity contribution in [1.29, 1.82) is 0 Å². The molecule has 0 saturated carbocycles. The van der Waals surface area contributed by atoms with Crippen LogP contribution in [0, 0.1) is 0 Å². The van der Waals surface area contributed by atoms with Crippen LogP contribution >= 0.6 is 0 Å². The van der Waals surface area contributed by atoms with Crippen LogP contribution in [0.25, 0.3) is 0 Å². The van der Waals surface area contributed by atoms with Crippen LogP contribution in [-0.2, 0) is 6.42 Å². The molecule has 0 aromatic heterocycles. The van der Waals surface area contributed by atoms with Gasteiger partial charge in [0.1, 0.15) is 0 Å². The SMILES string of the molecule is CCC(C)N(CC)C(=O)NCCc1ccccc1C(=O)O. The maximum Gasteiger partial charge on any atom is 0.335 e. The number of hydrogen-bond donors (Lipinski definition) is 2. The summed E-state index contributed by atoms with van der Waals surface area (Å²) < 4.78 is 0. The number of urea groups is 1. The van der Waals surface area contributed by atoms with Crippen LogP contribution in [-0.4, -0.2) is 41.1 Å². The van der Waals surface area contributed by atoms with Crippen LogP contribution in [0.3, 0.4) is 0 Å².